The maximum Gasteiger partial charge on any atom is 0.234 e. The van der Waals surface area contributed by atoms with E-state index >= 15 is 0 Å². The van der Waals surface area contributed by atoms with Gasteiger partial charge in [0.05, 0.1) is 29.3 Å². The first-order valence-electron chi connectivity index (χ1n) is 9.81. The van der Waals surface area contributed by atoms with E-state index in [4.69, 9.17) is 4.98 Å². The highest BCUT2D eigenvalue weighted by Crippen LogP contribution is 2.23. The lowest BCUT2D eigenvalue weighted by Gasteiger charge is -2.34. The van der Waals surface area contributed by atoms with E-state index in [1.54, 1.807) is 11.3 Å². The first-order chi connectivity index (χ1) is 13.7. The van der Waals surface area contributed by atoms with Crippen molar-refractivity contribution in [2.45, 2.75) is 19.5 Å². The highest BCUT2D eigenvalue weighted by atomic mass is 32.1. The number of piperazine rings is 1. The minimum atomic E-state index is 0.0361. The highest BCUT2D eigenvalue weighted by molar-refractivity contribution is 7.18. The summed E-state index contributed by atoms with van der Waals surface area (Å²) < 4.78 is 1.25. The van der Waals surface area contributed by atoms with Crippen molar-refractivity contribution >= 4 is 27.5 Å². The van der Waals surface area contributed by atoms with Crippen molar-refractivity contribution in [3.63, 3.8) is 0 Å². The van der Waals surface area contributed by atoms with Crippen molar-refractivity contribution in [3.05, 3.63) is 65.2 Å². The number of benzene rings is 2. The quantitative estimate of drug-likeness (QED) is 0.697. The van der Waals surface area contributed by atoms with E-state index in [1.807, 2.05) is 43.3 Å². The maximum atomic E-state index is 12.4. The number of nitrogens with one attached hydrogen (secondary N) is 1. The number of hydrogen-bond acceptors (Lipinski definition) is 5. The van der Waals surface area contributed by atoms with Crippen LogP contribution in [0.5, 0.6) is 0 Å². The molecule has 0 saturated carbocycles. The SMILES string of the molecule is C[C@@H](NC(=O)CN1CCN(Cc2nc3ccccc3s2)CC1)c1ccccc1. The van der Waals surface area contributed by atoms with Crippen LogP contribution in [0.15, 0.2) is 54.6 Å². The molecule has 6 heteroatoms. The number of carbonyl (C=O) groups excluding carboxylic acids is 1. The molecular formula is C22H26N4OS. The van der Waals surface area contributed by atoms with E-state index in [2.05, 4.69) is 33.3 Å². The molecular weight excluding hydrogens is 368 g/mol. The normalized spacial score (nSPS) is 16.9. The molecule has 3 aromatic rings. The Bertz CT molecular complexity index is 885. The lowest BCUT2D eigenvalue weighted by molar-refractivity contribution is -0.123. The van der Waals surface area contributed by atoms with Gasteiger partial charge in [0.25, 0.3) is 0 Å². The zero-order valence-electron chi connectivity index (χ0n) is 16.2. The summed E-state index contributed by atoms with van der Waals surface area (Å²) in [7, 11) is 0. The molecule has 0 aliphatic carbocycles. The molecule has 1 aliphatic rings. The number of para-hydroxylation sites is 1. The molecule has 1 saturated heterocycles. The topological polar surface area (TPSA) is 48.5 Å². The average Bonchev–Trinajstić information content (AvgIpc) is 3.12. The van der Waals surface area contributed by atoms with Crippen molar-refractivity contribution in [1.29, 1.82) is 0 Å². The summed E-state index contributed by atoms with van der Waals surface area (Å²) in [4.78, 5) is 21.8. The van der Waals surface area contributed by atoms with Gasteiger partial charge in [-0.15, -0.1) is 11.3 Å². The Morgan fingerprint density at radius 3 is 2.46 bits per heavy atom. The molecule has 1 amide bonds. The summed E-state index contributed by atoms with van der Waals surface area (Å²) in [6.07, 6.45) is 0. The van der Waals surface area contributed by atoms with Crippen molar-refractivity contribution in [3.8, 4) is 0 Å². The second-order valence-electron chi connectivity index (χ2n) is 7.33. The third kappa shape index (κ3) is 4.76. The largest absolute Gasteiger partial charge is 0.348 e. The van der Waals surface area contributed by atoms with E-state index in [9.17, 15) is 4.79 Å². The molecule has 4 rings (SSSR count). The predicted molar refractivity (Wildman–Crippen MR) is 114 cm³/mol. The second kappa shape index (κ2) is 8.82. The molecule has 0 bridgehead atoms. The van der Waals surface area contributed by atoms with Crippen LogP contribution in [-0.4, -0.2) is 53.4 Å². The first kappa shape index (κ1) is 19.1. The van der Waals surface area contributed by atoms with E-state index in [0.717, 1.165) is 43.8 Å². The molecule has 1 aromatic heterocycles. The molecule has 0 spiro atoms. The molecule has 0 unspecified atom stereocenters. The zero-order valence-corrected chi connectivity index (χ0v) is 17.0. The van der Waals surface area contributed by atoms with Gasteiger partial charge in [-0.25, -0.2) is 4.98 Å². The van der Waals surface area contributed by atoms with Gasteiger partial charge in [-0.3, -0.25) is 14.6 Å². The summed E-state index contributed by atoms with van der Waals surface area (Å²) >= 11 is 1.78. The molecule has 5 nitrogen and oxygen atoms in total. The Hall–Kier alpha value is -2.28. The Kier molecular flexibility index (Phi) is 6.00. The monoisotopic (exact) mass is 394 g/mol. The zero-order chi connectivity index (χ0) is 19.3. The number of carbonyl (C=O) groups is 1. The number of aromatic nitrogens is 1. The maximum absolute atomic E-state index is 12.4. The van der Waals surface area contributed by atoms with Crippen LogP contribution in [-0.2, 0) is 11.3 Å². The van der Waals surface area contributed by atoms with Gasteiger partial charge in [0, 0.05) is 26.2 Å². The molecule has 1 fully saturated rings. The van der Waals surface area contributed by atoms with Gasteiger partial charge in [0.15, 0.2) is 0 Å². The minimum absolute atomic E-state index is 0.0361. The molecule has 146 valence electrons. The van der Waals surface area contributed by atoms with Crippen LogP contribution in [0, 0.1) is 0 Å². The summed E-state index contributed by atoms with van der Waals surface area (Å²) in [5.41, 5.74) is 2.22. The highest BCUT2D eigenvalue weighted by Gasteiger charge is 2.20. The summed E-state index contributed by atoms with van der Waals surface area (Å²) in [6.45, 7) is 7.16. The molecule has 2 aromatic carbocycles. The summed E-state index contributed by atoms with van der Waals surface area (Å²) in [6, 6.07) is 18.4. The number of amides is 1. The number of nitrogens with zero attached hydrogens (tertiary/aromatic N) is 3. The number of thiazole rings is 1. The van der Waals surface area contributed by atoms with Gasteiger partial charge in [0.1, 0.15) is 5.01 Å². The van der Waals surface area contributed by atoms with Gasteiger partial charge in [0.2, 0.25) is 5.91 Å². The molecule has 2 heterocycles. The standard InChI is InChI=1S/C22H26N4OS/c1-17(18-7-3-2-4-8-18)23-21(27)15-25-11-13-26(14-12-25)16-22-24-19-9-5-6-10-20(19)28-22/h2-10,17H,11-16H2,1H3,(H,23,27)/t17-/m1/s1. The predicted octanol–water partition coefficient (Wildman–Crippen LogP) is 3.29. The van der Waals surface area contributed by atoms with E-state index in [0.29, 0.717) is 6.54 Å². The molecule has 1 atom stereocenters. The van der Waals surface area contributed by atoms with Crippen LogP contribution in [0.2, 0.25) is 0 Å². The van der Waals surface area contributed by atoms with E-state index in [-0.39, 0.29) is 11.9 Å². The molecule has 1 aliphatic heterocycles. The number of rotatable bonds is 6. The molecule has 1 N–H and O–H groups in total. The van der Waals surface area contributed by atoms with Crippen molar-refractivity contribution in [2.75, 3.05) is 32.7 Å². The van der Waals surface area contributed by atoms with Crippen molar-refractivity contribution < 1.29 is 4.79 Å². The second-order valence-corrected chi connectivity index (χ2v) is 8.44. The molecule has 0 radical (unpaired) electrons. The lowest BCUT2D eigenvalue weighted by atomic mass is 10.1. The number of fused-ring (bicyclic) bond motifs is 1. The van der Waals surface area contributed by atoms with Crippen LogP contribution in [0.4, 0.5) is 0 Å². The van der Waals surface area contributed by atoms with Gasteiger partial charge in [-0.1, -0.05) is 42.5 Å². The molecule has 28 heavy (non-hydrogen) atoms. The average molecular weight is 395 g/mol. The van der Waals surface area contributed by atoms with Gasteiger partial charge < -0.3 is 5.32 Å². The Morgan fingerprint density at radius 1 is 1.04 bits per heavy atom. The minimum Gasteiger partial charge on any atom is -0.348 e. The summed E-state index contributed by atoms with van der Waals surface area (Å²) in [5, 5.41) is 4.28. The smallest absolute Gasteiger partial charge is 0.234 e. The fourth-order valence-electron chi connectivity index (χ4n) is 3.60. The van der Waals surface area contributed by atoms with Crippen molar-refractivity contribution in [1.82, 2.24) is 20.1 Å². The Labute approximate surface area is 170 Å². The van der Waals surface area contributed by atoms with E-state index in [1.165, 1.54) is 9.71 Å². The van der Waals surface area contributed by atoms with Crippen LogP contribution < -0.4 is 5.32 Å². The van der Waals surface area contributed by atoms with Gasteiger partial charge in [-0.05, 0) is 24.6 Å². The van der Waals surface area contributed by atoms with Crippen LogP contribution in [0.3, 0.4) is 0 Å². The lowest BCUT2D eigenvalue weighted by Crippen LogP contribution is -2.49. The van der Waals surface area contributed by atoms with Crippen LogP contribution >= 0.6 is 11.3 Å². The van der Waals surface area contributed by atoms with E-state index < -0.39 is 0 Å². The Balaban J connectivity index is 1.23. The van der Waals surface area contributed by atoms with Crippen LogP contribution in [0.25, 0.3) is 10.2 Å². The first-order valence-corrected chi connectivity index (χ1v) is 10.6. The summed E-state index contributed by atoms with van der Waals surface area (Å²) in [5.74, 6) is 0.0935. The third-order valence-corrected chi connectivity index (χ3v) is 6.23. The van der Waals surface area contributed by atoms with Crippen molar-refractivity contribution in [2.24, 2.45) is 0 Å². The van der Waals surface area contributed by atoms with Gasteiger partial charge >= 0.3 is 0 Å². The third-order valence-electron chi connectivity index (χ3n) is 5.21. The van der Waals surface area contributed by atoms with Crippen LogP contribution in [0.1, 0.15) is 23.5 Å². The Morgan fingerprint density at radius 2 is 1.71 bits per heavy atom. The fourth-order valence-corrected chi connectivity index (χ4v) is 4.61. The van der Waals surface area contributed by atoms with Gasteiger partial charge in [-0.2, -0.15) is 0 Å². The fraction of sp³-hybridized carbons (Fsp3) is 0.364. The number of hydrogen-bond donors (Lipinski definition) is 1.